The molecule has 0 aliphatic heterocycles. The standard InChI is InChI=1S/C29H36N4O4/c1-7-29(5,28(34)35-8-2)37-19-23-16-26(21-11-9-13-24(15-21)36-18-20(3)4)33(31-23)25-14-10-12-22-17-30-32(6)27(22)25/h9-17,20H,7-8,18-19H2,1-6H3/t29-/m1/s1. The molecule has 0 radical (unpaired) electrons. The minimum atomic E-state index is -1.05. The lowest BCUT2D eigenvalue weighted by Gasteiger charge is -2.25. The highest BCUT2D eigenvalue weighted by atomic mass is 16.6. The number of hydrogen-bond donors (Lipinski definition) is 0. The first-order chi connectivity index (χ1) is 17.8. The van der Waals surface area contributed by atoms with E-state index in [9.17, 15) is 4.79 Å². The van der Waals surface area contributed by atoms with Crippen LogP contribution < -0.4 is 4.74 Å². The van der Waals surface area contributed by atoms with Gasteiger partial charge in [0, 0.05) is 18.0 Å². The summed E-state index contributed by atoms with van der Waals surface area (Å²) < 4.78 is 21.1. The van der Waals surface area contributed by atoms with E-state index in [4.69, 9.17) is 19.3 Å². The van der Waals surface area contributed by atoms with Crippen LogP contribution in [0.4, 0.5) is 0 Å². The van der Waals surface area contributed by atoms with Crippen LogP contribution in [0.5, 0.6) is 5.75 Å². The van der Waals surface area contributed by atoms with Crippen LogP contribution in [0.25, 0.3) is 27.8 Å². The maximum Gasteiger partial charge on any atom is 0.338 e. The van der Waals surface area contributed by atoms with Gasteiger partial charge in [-0.3, -0.25) is 4.68 Å². The van der Waals surface area contributed by atoms with Crippen molar-refractivity contribution >= 4 is 16.9 Å². The van der Waals surface area contributed by atoms with Gasteiger partial charge >= 0.3 is 5.97 Å². The van der Waals surface area contributed by atoms with E-state index in [1.807, 2.05) is 78.1 Å². The maximum atomic E-state index is 12.5. The van der Waals surface area contributed by atoms with Crippen molar-refractivity contribution in [2.24, 2.45) is 13.0 Å². The molecule has 0 aliphatic rings. The Kier molecular flexibility index (Phi) is 7.97. The van der Waals surface area contributed by atoms with Gasteiger partial charge in [0.1, 0.15) is 5.75 Å². The van der Waals surface area contributed by atoms with Gasteiger partial charge < -0.3 is 14.2 Å². The SMILES string of the molecule is CCOC(=O)[C@@](C)(CC)OCc1cc(-c2cccc(OCC(C)C)c2)n(-c2cccc3cnn(C)c23)n1. The van der Waals surface area contributed by atoms with E-state index in [2.05, 4.69) is 18.9 Å². The number of rotatable bonds is 11. The molecule has 0 saturated carbocycles. The fraction of sp³-hybridized carbons (Fsp3) is 0.414. The molecule has 0 fully saturated rings. The highest BCUT2D eigenvalue weighted by molar-refractivity contribution is 5.87. The Morgan fingerprint density at radius 3 is 2.62 bits per heavy atom. The van der Waals surface area contributed by atoms with E-state index in [-0.39, 0.29) is 12.6 Å². The highest BCUT2D eigenvalue weighted by Gasteiger charge is 2.34. The molecule has 8 heteroatoms. The van der Waals surface area contributed by atoms with Crippen LogP contribution in [-0.4, -0.2) is 44.3 Å². The van der Waals surface area contributed by atoms with Crippen molar-refractivity contribution in [3.63, 3.8) is 0 Å². The second-order valence-electron chi connectivity index (χ2n) is 9.74. The lowest BCUT2D eigenvalue weighted by atomic mass is 10.0. The van der Waals surface area contributed by atoms with Crippen LogP contribution >= 0.6 is 0 Å². The summed E-state index contributed by atoms with van der Waals surface area (Å²) >= 11 is 0. The van der Waals surface area contributed by atoms with Crippen molar-refractivity contribution in [1.29, 1.82) is 0 Å². The Hall–Kier alpha value is -3.65. The van der Waals surface area contributed by atoms with Gasteiger partial charge in [0.2, 0.25) is 0 Å². The largest absolute Gasteiger partial charge is 0.493 e. The average Bonchev–Trinajstić information content (AvgIpc) is 3.50. The van der Waals surface area contributed by atoms with Crippen molar-refractivity contribution in [3.8, 4) is 22.7 Å². The fourth-order valence-electron chi connectivity index (χ4n) is 4.10. The predicted octanol–water partition coefficient (Wildman–Crippen LogP) is 5.71. The summed E-state index contributed by atoms with van der Waals surface area (Å²) in [6.07, 6.45) is 2.33. The maximum absolute atomic E-state index is 12.5. The lowest BCUT2D eigenvalue weighted by molar-refractivity contribution is -0.172. The summed E-state index contributed by atoms with van der Waals surface area (Å²) in [7, 11) is 1.92. The van der Waals surface area contributed by atoms with Crippen molar-refractivity contribution in [3.05, 3.63) is 60.4 Å². The molecule has 0 unspecified atom stereocenters. The topological polar surface area (TPSA) is 80.4 Å². The molecule has 2 aromatic carbocycles. The number of fused-ring (bicyclic) bond motifs is 1. The normalized spacial score (nSPS) is 13.2. The van der Waals surface area contributed by atoms with Crippen molar-refractivity contribution in [2.75, 3.05) is 13.2 Å². The van der Waals surface area contributed by atoms with E-state index < -0.39 is 5.60 Å². The monoisotopic (exact) mass is 504 g/mol. The second kappa shape index (κ2) is 11.2. The number of carbonyl (C=O) groups excluding carboxylic acids is 1. The van der Waals surface area contributed by atoms with Gasteiger partial charge in [-0.25, -0.2) is 9.48 Å². The highest BCUT2D eigenvalue weighted by Crippen LogP contribution is 2.31. The van der Waals surface area contributed by atoms with Crippen LogP contribution in [0.2, 0.25) is 0 Å². The first-order valence-electron chi connectivity index (χ1n) is 12.8. The van der Waals surface area contributed by atoms with E-state index in [0.717, 1.165) is 33.6 Å². The molecule has 8 nitrogen and oxygen atoms in total. The minimum absolute atomic E-state index is 0.161. The van der Waals surface area contributed by atoms with Crippen LogP contribution in [0.3, 0.4) is 0 Å². The van der Waals surface area contributed by atoms with Gasteiger partial charge in [-0.1, -0.05) is 45.0 Å². The van der Waals surface area contributed by atoms with Gasteiger partial charge in [0.05, 0.1) is 48.6 Å². The number of benzene rings is 2. The number of esters is 1. The average molecular weight is 505 g/mol. The summed E-state index contributed by atoms with van der Waals surface area (Å²) in [6.45, 7) is 10.8. The zero-order valence-corrected chi connectivity index (χ0v) is 22.5. The number of hydrogen-bond acceptors (Lipinski definition) is 6. The zero-order chi connectivity index (χ0) is 26.6. The number of para-hydroxylation sites is 1. The van der Waals surface area contributed by atoms with E-state index in [0.29, 0.717) is 31.2 Å². The first kappa shape index (κ1) is 26.4. The Labute approximate surface area is 218 Å². The molecule has 2 aromatic heterocycles. The van der Waals surface area contributed by atoms with Gasteiger partial charge in [-0.15, -0.1) is 0 Å². The molecule has 0 amide bonds. The molecule has 196 valence electrons. The molecule has 2 heterocycles. The Balaban J connectivity index is 1.76. The Morgan fingerprint density at radius 1 is 1.11 bits per heavy atom. The number of nitrogens with zero attached hydrogens (tertiary/aromatic N) is 4. The lowest BCUT2D eigenvalue weighted by Crippen LogP contribution is -2.39. The fourth-order valence-corrected chi connectivity index (χ4v) is 4.10. The molecule has 0 bridgehead atoms. The molecular formula is C29H36N4O4. The smallest absolute Gasteiger partial charge is 0.338 e. The first-order valence-corrected chi connectivity index (χ1v) is 12.8. The van der Waals surface area contributed by atoms with E-state index in [1.54, 1.807) is 13.8 Å². The van der Waals surface area contributed by atoms with Crippen LogP contribution in [0, 0.1) is 5.92 Å². The molecule has 37 heavy (non-hydrogen) atoms. The van der Waals surface area contributed by atoms with Crippen molar-refractivity contribution < 1.29 is 19.0 Å². The van der Waals surface area contributed by atoms with Crippen LogP contribution in [0.1, 0.15) is 46.7 Å². The molecular weight excluding hydrogens is 468 g/mol. The van der Waals surface area contributed by atoms with Crippen LogP contribution in [0.15, 0.2) is 54.7 Å². The predicted molar refractivity (Wildman–Crippen MR) is 144 cm³/mol. The molecule has 0 aliphatic carbocycles. The summed E-state index contributed by atoms with van der Waals surface area (Å²) in [5, 5.41) is 10.4. The van der Waals surface area contributed by atoms with Crippen LogP contribution in [-0.2, 0) is 27.9 Å². The summed E-state index contributed by atoms with van der Waals surface area (Å²) in [5.41, 5.74) is 3.37. The third kappa shape index (κ3) is 5.69. The molecule has 1 atom stereocenters. The molecule has 0 saturated heterocycles. The molecule has 0 N–H and O–H groups in total. The van der Waals surface area contributed by atoms with Gasteiger partial charge in [-0.05, 0) is 50.5 Å². The van der Waals surface area contributed by atoms with Gasteiger partial charge in [0.25, 0.3) is 0 Å². The summed E-state index contributed by atoms with van der Waals surface area (Å²) in [5.74, 6) is 0.857. The third-order valence-electron chi connectivity index (χ3n) is 6.36. The zero-order valence-electron chi connectivity index (χ0n) is 22.5. The van der Waals surface area contributed by atoms with Crippen molar-refractivity contribution in [1.82, 2.24) is 19.6 Å². The van der Waals surface area contributed by atoms with Gasteiger partial charge in [-0.2, -0.15) is 10.2 Å². The Morgan fingerprint density at radius 2 is 1.89 bits per heavy atom. The minimum Gasteiger partial charge on any atom is -0.493 e. The number of aryl methyl sites for hydroxylation is 1. The Bertz CT molecular complexity index is 1370. The van der Waals surface area contributed by atoms with Crippen molar-refractivity contribution in [2.45, 2.75) is 53.2 Å². The number of aromatic nitrogens is 4. The number of ether oxygens (including phenoxy) is 3. The second-order valence-corrected chi connectivity index (χ2v) is 9.74. The third-order valence-corrected chi connectivity index (χ3v) is 6.36. The van der Waals surface area contributed by atoms with E-state index in [1.165, 1.54) is 0 Å². The number of carbonyl (C=O) groups is 1. The summed E-state index contributed by atoms with van der Waals surface area (Å²) in [6, 6.07) is 16.1. The molecule has 0 spiro atoms. The van der Waals surface area contributed by atoms with Gasteiger partial charge in [0.15, 0.2) is 5.60 Å². The molecule has 4 rings (SSSR count). The van der Waals surface area contributed by atoms with E-state index >= 15 is 0 Å². The summed E-state index contributed by atoms with van der Waals surface area (Å²) in [4.78, 5) is 12.5. The quantitative estimate of drug-likeness (QED) is 0.244. The molecule has 4 aromatic rings.